The first-order valence-corrected chi connectivity index (χ1v) is 5.37. The molecule has 0 radical (unpaired) electrons. The molecule has 0 saturated heterocycles. The molecule has 2 atom stereocenters. The molecule has 0 spiro atoms. The van der Waals surface area contributed by atoms with Crippen LogP contribution >= 0.6 is 0 Å². The molecule has 0 aromatic carbocycles. The third-order valence-corrected chi connectivity index (χ3v) is 3.60. The highest BCUT2D eigenvalue weighted by Crippen LogP contribution is 2.37. The van der Waals surface area contributed by atoms with Crippen LogP contribution in [0.15, 0.2) is 0 Å². The Kier molecular flexibility index (Phi) is 3.89. The number of aliphatic hydroxyl groups excluding tert-OH is 2. The Labute approximate surface area is 85.3 Å². The molecule has 1 saturated carbocycles. The van der Waals surface area contributed by atoms with Crippen molar-refractivity contribution < 1.29 is 10.2 Å². The van der Waals surface area contributed by atoms with Crippen molar-refractivity contribution in [2.45, 2.75) is 49.6 Å². The summed E-state index contributed by atoms with van der Waals surface area (Å²) < 4.78 is 0. The largest absolute Gasteiger partial charge is 0.396 e. The normalized spacial score (nSPS) is 38.6. The van der Waals surface area contributed by atoms with E-state index in [9.17, 15) is 0 Å². The standard InChI is InChI=1S/C10H22N2O2/c11-9(5-7-13)3-1-2-4-10(9,12)6-8-14/h13-14H,1-8,11-12H2. The van der Waals surface area contributed by atoms with Crippen LogP contribution in [0.1, 0.15) is 38.5 Å². The van der Waals surface area contributed by atoms with Crippen molar-refractivity contribution in [1.29, 1.82) is 0 Å². The van der Waals surface area contributed by atoms with Gasteiger partial charge in [-0.25, -0.2) is 0 Å². The van der Waals surface area contributed by atoms with Gasteiger partial charge in [-0.2, -0.15) is 0 Å². The minimum Gasteiger partial charge on any atom is -0.396 e. The molecule has 0 aromatic heterocycles. The van der Waals surface area contributed by atoms with E-state index in [1.165, 1.54) is 0 Å². The lowest BCUT2D eigenvalue weighted by Crippen LogP contribution is -2.68. The van der Waals surface area contributed by atoms with E-state index in [1.807, 2.05) is 0 Å². The molecule has 14 heavy (non-hydrogen) atoms. The molecule has 0 aliphatic heterocycles. The Bertz CT molecular complexity index is 161. The van der Waals surface area contributed by atoms with E-state index in [4.69, 9.17) is 21.7 Å². The average Bonchev–Trinajstić information content (AvgIpc) is 2.12. The summed E-state index contributed by atoms with van der Waals surface area (Å²) in [6.07, 6.45) is 4.91. The molecular formula is C10H22N2O2. The highest BCUT2D eigenvalue weighted by molar-refractivity contribution is 5.08. The van der Waals surface area contributed by atoms with Crippen LogP contribution in [-0.4, -0.2) is 34.5 Å². The van der Waals surface area contributed by atoms with Gasteiger partial charge < -0.3 is 21.7 Å². The van der Waals surface area contributed by atoms with E-state index >= 15 is 0 Å². The number of rotatable bonds is 4. The van der Waals surface area contributed by atoms with Crippen LogP contribution in [0.3, 0.4) is 0 Å². The molecule has 1 fully saturated rings. The Morgan fingerprint density at radius 3 is 1.50 bits per heavy atom. The van der Waals surface area contributed by atoms with Crippen molar-refractivity contribution in [3.63, 3.8) is 0 Å². The second-order valence-corrected chi connectivity index (χ2v) is 4.47. The zero-order valence-electron chi connectivity index (χ0n) is 8.71. The summed E-state index contributed by atoms with van der Waals surface area (Å²) in [4.78, 5) is 0. The van der Waals surface area contributed by atoms with E-state index in [-0.39, 0.29) is 13.2 Å². The van der Waals surface area contributed by atoms with Gasteiger partial charge >= 0.3 is 0 Å². The molecule has 1 aliphatic carbocycles. The molecule has 1 aliphatic rings. The third-order valence-electron chi connectivity index (χ3n) is 3.60. The van der Waals surface area contributed by atoms with Crippen LogP contribution < -0.4 is 11.5 Å². The van der Waals surface area contributed by atoms with Gasteiger partial charge in [0.25, 0.3) is 0 Å². The topological polar surface area (TPSA) is 92.5 Å². The first-order valence-electron chi connectivity index (χ1n) is 5.37. The lowest BCUT2D eigenvalue weighted by Gasteiger charge is -2.49. The fourth-order valence-corrected chi connectivity index (χ4v) is 2.53. The maximum atomic E-state index is 8.99. The third kappa shape index (κ3) is 2.08. The predicted molar refractivity (Wildman–Crippen MR) is 55.7 cm³/mol. The number of hydrogen-bond acceptors (Lipinski definition) is 4. The quantitative estimate of drug-likeness (QED) is 0.504. The minimum atomic E-state index is -0.497. The van der Waals surface area contributed by atoms with Crippen molar-refractivity contribution >= 4 is 0 Å². The number of hydrogen-bond donors (Lipinski definition) is 4. The zero-order valence-corrected chi connectivity index (χ0v) is 8.71. The van der Waals surface area contributed by atoms with Crippen LogP contribution in [0.5, 0.6) is 0 Å². The molecule has 0 bridgehead atoms. The van der Waals surface area contributed by atoms with Crippen molar-refractivity contribution in [3.8, 4) is 0 Å². The molecule has 0 aromatic rings. The van der Waals surface area contributed by atoms with Crippen molar-refractivity contribution in [1.82, 2.24) is 0 Å². The predicted octanol–water partition coefficient (Wildman–Crippen LogP) is -0.280. The first-order chi connectivity index (χ1) is 6.58. The van der Waals surface area contributed by atoms with Crippen LogP contribution in [0.25, 0.3) is 0 Å². The van der Waals surface area contributed by atoms with Gasteiger partial charge in [-0.05, 0) is 25.7 Å². The molecule has 84 valence electrons. The van der Waals surface area contributed by atoms with Gasteiger partial charge in [-0.15, -0.1) is 0 Å². The van der Waals surface area contributed by atoms with Crippen molar-refractivity contribution in [3.05, 3.63) is 0 Å². The molecule has 0 amide bonds. The second kappa shape index (κ2) is 4.57. The van der Waals surface area contributed by atoms with Gasteiger partial charge in [0.15, 0.2) is 0 Å². The monoisotopic (exact) mass is 202 g/mol. The molecular weight excluding hydrogens is 180 g/mol. The highest BCUT2D eigenvalue weighted by atomic mass is 16.3. The van der Waals surface area contributed by atoms with Crippen LogP contribution in [0.4, 0.5) is 0 Å². The van der Waals surface area contributed by atoms with E-state index in [0.717, 1.165) is 25.7 Å². The summed E-state index contributed by atoms with van der Waals surface area (Å²) in [7, 11) is 0. The SMILES string of the molecule is NC1(CCO)CCCCC1(N)CCO. The lowest BCUT2D eigenvalue weighted by atomic mass is 9.65. The zero-order chi connectivity index (χ0) is 10.7. The van der Waals surface area contributed by atoms with Crippen LogP contribution in [0.2, 0.25) is 0 Å². The van der Waals surface area contributed by atoms with Gasteiger partial charge in [0.1, 0.15) is 0 Å². The van der Waals surface area contributed by atoms with Crippen molar-refractivity contribution in [2.75, 3.05) is 13.2 Å². The van der Waals surface area contributed by atoms with Gasteiger partial charge in [-0.3, -0.25) is 0 Å². The fourth-order valence-electron chi connectivity index (χ4n) is 2.53. The van der Waals surface area contributed by atoms with Crippen LogP contribution in [-0.2, 0) is 0 Å². The summed E-state index contributed by atoms with van der Waals surface area (Å²) in [5.41, 5.74) is 11.5. The van der Waals surface area contributed by atoms with E-state index in [1.54, 1.807) is 0 Å². The van der Waals surface area contributed by atoms with Gasteiger partial charge in [-0.1, -0.05) is 12.8 Å². The Morgan fingerprint density at radius 1 is 0.857 bits per heavy atom. The maximum absolute atomic E-state index is 8.99. The summed E-state index contributed by atoms with van der Waals surface area (Å²) >= 11 is 0. The molecule has 4 heteroatoms. The van der Waals surface area contributed by atoms with Crippen molar-refractivity contribution in [2.24, 2.45) is 11.5 Å². The molecule has 2 unspecified atom stereocenters. The average molecular weight is 202 g/mol. The fraction of sp³-hybridized carbons (Fsp3) is 1.00. The minimum absolute atomic E-state index is 0.0703. The van der Waals surface area contributed by atoms with E-state index in [0.29, 0.717) is 12.8 Å². The Balaban J connectivity index is 2.75. The smallest absolute Gasteiger partial charge is 0.0449 e. The van der Waals surface area contributed by atoms with Gasteiger partial charge in [0, 0.05) is 24.3 Å². The van der Waals surface area contributed by atoms with Gasteiger partial charge in [0.05, 0.1) is 0 Å². The maximum Gasteiger partial charge on any atom is 0.0449 e. The van der Waals surface area contributed by atoms with E-state index in [2.05, 4.69) is 0 Å². The van der Waals surface area contributed by atoms with E-state index < -0.39 is 11.1 Å². The molecule has 0 heterocycles. The molecule has 4 nitrogen and oxygen atoms in total. The first kappa shape index (κ1) is 11.9. The summed E-state index contributed by atoms with van der Waals surface area (Å²) in [5.74, 6) is 0. The molecule has 6 N–H and O–H groups in total. The second-order valence-electron chi connectivity index (χ2n) is 4.47. The highest BCUT2D eigenvalue weighted by Gasteiger charge is 2.46. The summed E-state index contributed by atoms with van der Waals surface area (Å²) in [6.45, 7) is 0.141. The summed E-state index contributed by atoms with van der Waals surface area (Å²) in [6, 6.07) is 0. The number of aliphatic hydroxyl groups is 2. The Morgan fingerprint density at radius 2 is 1.21 bits per heavy atom. The Hall–Kier alpha value is -0.160. The van der Waals surface area contributed by atoms with Gasteiger partial charge in [0.2, 0.25) is 0 Å². The number of nitrogens with two attached hydrogens (primary N) is 2. The van der Waals surface area contributed by atoms with Crippen LogP contribution in [0, 0.1) is 0 Å². The molecule has 1 rings (SSSR count). The summed E-state index contributed by atoms with van der Waals surface area (Å²) in [5, 5.41) is 18.0. The lowest BCUT2D eigenvalue weighted by molar-refractivity contribution is 0.0860.